The largest absolute Gasteiger partial charge is 0.480 e. The number of carbonyl (C=O) groups excluding carboxylic acids is 3. The van der Waals surface area contributed by atoms with Crippen molar-refractivity contribution in [3.05, 3.63) is 46.7 Å². The minimum absolute atomic E-state index is 0.00541. The van der Waals surface area contributed by atoms with Crippen molar-refractivity contribution in [1.29, 1.82) is 0 Å². The van der Waals surface area contributed by atoms with E-state index >= 15 is 0 Å². The van der Waals surface area contributed by atoms with Crippen LogP contribution >= 0.6 is 23.5 Å². The number of benzene rings is 1. The maximum absolute atomic E-state index is 12.9. The Morgan fingerprint density at radius 3 is 2.44 bits per heavy atom. The van der Waals surface area contributed by atoms with Crippen LogP contribution in [0.5, 0.6) is 0 Å². The average molecular weight is 632 g/mol. The summed E-state index contributed by atoms with van der Waals surface area (Å²) in [4.78, 5) is 63.2. The number of tetrazole rings is 1. The van der Waals surface area contributed by atoms with Gasteiger partial charge in [0.15, 0.2) is 0 Å². The molecule has 0 saturated carbocycles. The molecule has 16 heteroatoms. The monoisotopic (exact) mass is 631 g/mol. The van der Waals surface area contributed by atoms with Gasteiger partial charge in [0.2, 0.25) is 11.1 Å². The summed E-state index contributed by atoms with van der Waals surface area (Å²) in [7, 11) is 1.66. The van der Waals surface area contributed by atoms with Gasteiger partial charge in [-0.1, -0.05) is 44.7 Å². The predicted octanol–water partition coefficient (Wildman–Crippen LogP) is 1.39. The Hall–Kier alpha value is -3.92. The van der Waals surface area contributed by atoms with Gasteiger partial charge in [-0.05, 0) is 52.0 Å². The lowest BCUT2D eigenvalue weighted by molar-refractivity contribution is -0.150. The van der Waals surface area contributed by atoms with Crippen LogP contribution in [-0.4, -0.2) is 93.9 Å². The van der Waals surface area contributed by atoms with Crippen molar-refractivity contribution in [1.82, 2.24) is 35.7 Å². The summed E-state index contributed by atoms with van der Waals surface area (Å²) >= 11 is 2.60. The lowest BCUT2D eigenvalue weighted by atomic mass is 9.86. The zero-order valence-corrected chi connectivity index (χ0v) is 25.7. The fraction of sp³-hybridized carbons (Fsp3) is 0.481. The molecule has 0 aliphatic carbocycles. The molecule has 1 aromatic heterocycles. The number of carboxylic acids is 2. The minimum atomic E-state index is -1.23. The van der Waals surface area contributed by atoms with Gasteiger partial charge in [0.1, 0.15) is 23.2 Å². The molecule has 1 fully saturated rings. The van der Waals surface area contributed by atoms with Gasteiger partial charge in [-0.25, -0.2) is 14.3 Å². The van der Waals surface area contributed by atoms with Gasteiger partial charge in [0.25, 0.3) is 11.8 Å². The number of hydrogen-bond donors (Lipinski definition) is 4. The van der Waals surface area contributed by atoms with Crippen molar-refractivity contribution in [3.8, 4) is 0 Å². The van der Waals surface area contributed by atoms with Crippen molar-refractivity contribution < 1.29 is 34.2 Å². The molecule has 3 heterocycles. The Labute approximate surface area is 256 Å². The molecular formula is C27H33N7O7S2. The van der Waals surface area contributed by atoms with E-state index in [0.717, 1.165) is 5.56 Å². The topological polar surface area (TPSA) is 197 Å². The van der Waals surface area contributed by atoms with Crippen molar-refractivity contribution in [2.45, 2.75) is 68.1 Å². The molecule has 4 N–H and O–H groups in total. The van der Waals surface area contributed by atoms with Crippen LogP contribution in [0.1, 0.15) is 56.0 Å². The fourth-order valence-corrected chi connectivity index (χ4v) is 6.96. The lowest BCUT2D eigenvalue weighted by Gasteiger charge is -2.49. The van der Waals surface area contributed by atoms with Crippen molar-refractivity contribution in [2.24, 2.45) is 7.05 Å². The average Bonchev–Trinajstić information content (AvgIpc) is 3.37. The number of nitrogens with one attached hydrogen (secondary N) is 2. The standard InChI is InChI=1S/C27H33N7O7S2/c1-27(2,3)16-10-8-14(9-11-16)21(36)28-17(24(38)39)6-5-7-18(35)29-19-22(37)34-20(25(40)41)15(12-42-23(19)34)13-43-26-30-31-32-33(26)4/h8-11,17,19,23H,5-7,12-13H2,1-4H3,(H,28,36)(H,29,35)(H,38,39)(H,40,41)/t17-,19?,23-/m1/s1. The number of rotatable bonds is 12. The minimum Gasteiger partial charge on any atom is -0.480 e. The highest BCUT2D eigenvalue weighted by Crippen LogP contribution is 2.41. The number of thioether (sulfide) groups is 2. The summed E-state index contributed by atoms with van der Waals surface area (Å²) in [5, 5.41) is 35.7. The molecule has 1 saturated heterocycles. The Bertz CT molecular complexity index is 1450. The van der Waals surface area contributed by atoms with Crippen LogP contribution in [0, 0.1) is 0 Å². The van der Waals surface area contributed by atoms with Crippen LogP contribution in [0.25, 0.3) is 0 Å². The number of amides is 3. The summed E-state index contributed by atoms with van der Waals surface area (Å²) in [6.45, 7) is 6.14. The van der Waals surface area contributed by atoms with Gasteiger partial charge in [0.05, 0.1) is 0 Å². The maximum Gasteiger partial charge on any atom is 0.352 e. The van der Waals surface area contributed by atoms with Crippen molar-refractivity contribution >= 4 is 53.2 Å². The SMILES string of the molecule is Cn1nnnc1SCC1=C(C(=O)O)N2C(=O)C(NC(=O)CCC[C@@H](NC(=O)c3ccc(C(C)(C)C)cc3)C(=O)O)[C@H]2SC1. The van der Waals surface area contributed by atoms with E-state index in [1.807, 2.05) is 32.9 Å². The Kier molecular flexibility index (Phi) is 9.79. The van der Waals surface area contributed by atoms with Crippen LogP contribution in [0.15, 0.2) is 40.7 Å². The molecule has 3 amide bonds. The van der Waals surface area contributed by atoms with Crippen LogP contribution < -0.4 is 10.6 Å². The quantitative estimate of drug-likeness (QED) is 0.194. The molecule has 0 radical (unpaired) electrons. The molecule has 43 heavy (non-hydrogen) atoms. The molecule has 0 spiro atoms. The van der Waals surface area contributed by atoms with Crippen molar-refractivity contribution in [2.75, 3.05) is 11.5 Å². The smallest absolute Gasteiger partial charge is 0.352 e. The first-order valence-corrected chi connectivity index (χ1v) is 15.5. The molecule has 0 bridgehead atoms. The fourth-order valence-electron chi connectivity index (χ4n) is 4.62. The maximum atomic E-state index is 12.9. The van der Waals surface area contributed by atoms with Crippen LogP contribution in [-0.2, 0) is 31.6 Å². The van der Waals surface area contributed by atoms with E-state index in [1.165, 1.54) is 33.1 Å². The number of carboxylic acid groups (broad SMARTS) is 2. The van der Waals surface area contributed by atoms with E-state index in [4.69, 9.17) is 0 Å². The van der Waals surface area contributed by atoms with Gasteiger partial charge in [-0.2, -0.15) is 0 Å². The lowest BCUT2D eigenvalue weighted by Crippen LogP contribution is -2.70. The number of hydrogen-bond acceptors (Lipinski definition) is 10. The highest BCUT2D eigenvalue weighted by molar-refractivity contribution is 8.01. The molecule has 1 aromatic carbocycles. The van der Waals surface area contributed by atoms with Crippen molar-refractivity contribution in [3.63, 3.8) is 0 Å². The number of aryl methyl sites for hydroxylation is 1. The Morgan fingerprint density at radius 2 is 1.86 bits per heavy atom. The summed E-state index contributed by atoms with van der Waals surface area (Å²) in [5.41, 5.74) is 1.72. The second-order valence-corrected chi connectivity index (χ2v) is 13.2. The van der Waals surface area contributed by atoms with Gasteiger partial charge >= 0.3 is 11.9 Å². The van der Waals surface area contributed by atoms with E-state index in [9.17, 15) is 34.2 Å². The van der Waals surface area contributed by atoms with E-state index < -0.39 is 47.1 Å². The van der Waals surface area contributed by atoms with Gasteiger partial charge in [-0.3, -0.25) is 19.3 Å². The third kappa shape index (κ3) is 7.36. The molecule has 230 valence electrons. The van der Waals surface area contributed by atoms with Gasteiger partial charge < -0.3 is 20.8 Å². The highest BCUT2D eigenvalue weighted by Gasteiger charge is 2.54. The van der Waals surface area contributed by atoms with Gasteiger partial charge in [-0.15, -0.1) is 16.9 Å². The molecule has 2 aliphatic rings. The number of nitrogens with zero attached hydrogens (tertiary/aromatic N) is 5. The van der Waals surface area contributed by atoms with Crippen LogP contribution in [0.3, 0.4) is 0 Å². The molecule has 14 nitrogen and oxygen atoms in total. The summed E-state index contributed by atoms with van der Waals surface area (Å²) in [6, 6.07) is 4.85. The molecule has 1 unspecified atom stereocenters. The predicted molar refractivity (Wildman–Crippen MR) is 157 cm³/mol. The zero-order valence-electron chi connectivity index (χ0n) is 24.1. The normalized spacial score (nSPS) is 18.9. The summed E-state index contributed by atoms with van der Waals surface area (Å²) in [5.74, 6) is -3.36. The summed E-state index contributed by atoms with van der Waals surface area (Å²) < 4.78 is 1.46. The highest BCUT2D eigenvalue weighted by atomic mass is 32.2. The number of carbonyl (C=O) groups is 5. The second kappa shape index (κ2) is 13.2. The molecular weight excluding hydrogens is 598 g/mol. The van der Waals surface area contributed by atoms with E-state index in [2.05, 4.69) is 26.2 Å². The third-order valence-corrected chi connectivity index (χ3v) is 9.47. The molecule has 2 aliphatic heterocycles. The zero-order chi connectivity index (χ0) is 31.5. The Morgan fingerprint density at radius 1 is 1.16 bits per heavy atom. The van der Waals surface area contributed by atoms with Crippen LogP contribution in [0.4, 0.5) is 0 Å². The second-order valence-electron chi connectivity index (χ2n) is 11.2. The van der Waals surface area contributed by atoms with E-state index in [-0.39, 0.29) is 36.1 Å². The molecule has 3 atom stereocenters. The molecule has 2 aromatic rings. The van der Waals surface area contributed by atoms with E-state index in [1.54, 1.807) is 19.2 Å². The first-order chi connectivity index (χ1) is 20.3. The number of aliphatic carboxylic acids is 2. The number of fused-ring (bicyclic) bond motifs is 1. The number of β-lactam (4-membered cyclic amide) rings is 1. The van der Waals surface area contributed by atoms with Gasteiger partial charge in [0, 0.05) is 30.5 Å². The first-order valence-electron chi connectivity index (χ1n) is 13.5. The van der Waals surface area contributed by atoms with Crippen LogP contribution in [0.2, 0.25) is 0 Å². The summed E-state index contributed by atoms with van der Waals surface area (Å²) in [6.07, 6.45) is 0.0782. The first kappa shape index (κ1) is 32.0. The Balaban J connectivity index is 1.28. The number of aromatic nitrogens is 4. The third-order valence-electron chi connectivity index (χ3n) is 7.04. The van der Waals surface area contributed by atoms with E-state index in [0.29, 0.717) is 22.0 Å². The molecule has 4 rings (SSSR count).